The van der Waals surface area contributed by atoms with Crippen molar-refractivity contribution >= 4 is 39.5 Å². The molecule has 7 atom stereocenters. The molecular weight excluding hydrogens is 1290 g/mol. The Morgan fingerprint density at radius 3 is 0.717 bits per heavy atom. The highest BCUT2D eigenvalue weighted by Crippen LogP contribution is 2.45. The van der Waals surface area contributed by atoms with E-state index in [4.69, 9.17) is 37.0 Å². The smallest absolute Gasteiger partial charge is 0.462 e. The lowest BCUT2D eigenvalue weighted by atomic mass is 9.99. The zero-order valence-corrected chi connectivity index (χ0v) is 66.6. The molecule has 0 aromatic rings. The van der Waals surface area contributed by atoms with Crippen LogP contribution in [-0.4, -0.2) is 96.7 Å². The zero-order chi connectivity index (χ0) is 72.8. The van der Waals surface area contributed by atoms with E-state index in [0.29, 0.717) is 25.7 Å². The lowest BCUT2D eigenvalue weighted by molar-refractivity contribution is -0.161. The average Bonchev–Trinajstić information content (AvgIpc) is 1.02. The summed E-state index contributed by atoms with van der Waals surface area (Å²) in [5.41, 5.74) is 0. The number of aliphatic hydroxyl groups excluding tert-OH is 1. The van der Waals surface area contributed by atoms with Crippen LogP contribution in [0.2, 0.25) is 0 Å². The largest absolute Gasteiger partial charge is 0.472 e. The number of carbonyl (C=O) groups is 4. The Morgan fingerprint density at radius 1 is 0.283 bits per heavy atom. The van der Waals surface area contributed by atoms with Crippen LogP contribution < -0.4 is 0 Å². The highest BCUT2D eigenvalue weighted by atomic mass is 31.2. The highest BCUT2D eigenvalue weighted by molar-refractivity contribution is 7.47. The molecule has 0 aliphatic carbocycles. The van der Waals surface area contributed by atoms with Crippen molar-refractivity contribution in [2.75, 3.05) is 39.6 Å². The summed E-state index contributed by atoms with van der Waals surface area (Å²) in [5, 5.41) is 10.6. The first-order valence-electron chi connectivity index (χ1n) is 41.6. The fourth-order valence-electron chi connectivity index (χ4n) is 12.3. The molecule has 4 unspecified atom stereocenters. The van der Waals surface area contributed by atoms with Crippen molar-refractivity contribution in [1.82, 2.24) is 0 Å². The molecule has 0 saturated heterocycles. The number of phosphoric ester groups is 2. The SMILES string of the molecule is CCCCCCCCCCCCCCCCCCCCCCCC(=O)O[C@H](COC(=O)CCCCCCCCCCCCCCCCC(C)CC)COP(=O)(O)OC[C@@H](O)COP(=O)(O)OC[C@@H](COC(=O)CCCCCCCCCC)OC(=O)CCCCCCCCCCC(C)CC. The summed E-state index contributed by atoms with van der Waals surface area (Å²) < 4.78 is 68.6. The number of carbonyl (C=O) groups excluding carboxylic acids is 4. The van der Waals surface area contributed by atoms with E-state index in [2.05, 4.69) is 41.5 Å². The molecule has 0 spiro atoms. The summed E-state index contributed by atoms with van der Waals surface area (Å²) in [6, 6.07) is 0. The van der Waals surface area contributed by atoms with Gasteiger partial charge < -0.3 is 33.8 Å². The number of aliphatic hydroxyl groups is 1. The fourth-order valence-corrected chi connectivity index (χ4v) is 13.9. The molecule has 0 aromatic heterocycles. The Hall–Kier alpha value is -1.94. The minimum atomic E-state index is -4.96. The summed E-state index contributed by atoms with van der Waals surface area (Å²) in [6.45, 7) is 9.64. The molecule has 588 valence electrons. The van der Waals surface area contributed by atoms with Gasteiger partial charge in [0.2, 0.25) is 0 Å². The molecule has 0 aliphatic heterocycles. The maximum Gasteiger partial charge on any atom is 0.472 e. The van der Waals surface area contributed by atoms with Crippen LogP contribution in [0.15, 0.2) is 0 Å². The van der Waals surface area contributed by atoms with Crippen molar-refractivity contribution < 1.29 is 80.2 Å². The Balaban J connectivity index is 5.19. The first-order chi connectivity index (χ1) is 47.9. The summed E-state index contributed by atoms with van der Waals surface area (Å²) in [4.78, 5) is 72.9. The topological polar surface area (TPSA) is 237 Å². The van der Waals surface area contributed by atoms with Gasteiger partial charge in [-0.05, 0) is 37.5 Å². The van der Waals surface area contributed by atoms with E-state index >= 15 is 0 Å². The molecule has 0 aromatic carbocycles. The number of hydrogen-bond acceptors (Lipinski definition) is 15. The third-order valence-corrected chi connectivity index (χ3v) is 21.3. The second-order valence-electron chi connectivity index (χ2n) is 29.3. The van der Waals surface area contributed by atoms with Crippen LogP contribution in [0, 0.1) is 11.8 Å². The average molecular weight is 1450 g/mol. The van der Waals surface area contributed by atoms with Gasteiger partial charge in [-0.3, -0.25) is 37.3 Å². The Labute approximate surface area is 607 Å². The van der Waals surface area contributed by atoms with Gasteiger partial charge in [-0.2, -0.15) is 0 Å². The van der Waals surface area contributed by atoms with Gasteiger partial charge >= 0.3 is 39.5 Å². The number of hydrogen-bond donors (Lipinski definition) is 3. The molecule has 0 rings (SSSR count). The summed E-state index contributed by atoms with van der Waals surface area (Å²) in [6.07, 6.45) is 61.1. The van der Waals surface area contributed by atoms with Crippen molar-refractivity contribution in [3.8, 4) is 0 Å². The molecule has 0 aliphatic rings. The van der Waals surface area contributed by atoms with Gasteiger partial charge in [0.1, 0.15) is 19.3 Å². The molecule has 0 fully saturated rings. The highest BCUT2D eigenvalue weighted by Gasteiger charge is 2.30. The standard InChI is InChI=1S/C80H156O17P2/c1-7-11-13-15-17-19-20-21-22-23-24-25-26-27-28-33-36-39-46-52-58-64-79(84)96-76(69-91-78(83)63-57-51-45-38-35-32-30-29-31-34-37-42-48-54-60-72(5)9-3)71-95-99(88,89)93-67-74(81)66-92-98(86,87)94-70-75(68-90-77(82)62-56-50-44-18-16-14-12-8-2)97-80(85)65-59-53-47-41-40-43-49-55-61-73(6)10-4/h72-76,81H,7-71H2,1-6H3,(H,86,87)(H,88,89)/t72?,73?,74-,75+,76+/m0/s1. The number of phosphoric acid groups is 2. The number of esters is 4. The lowest BCUT2D eigenvalue weighted by Crippen LogP contribution is -2.30. The van der Waals surface area contributed by atoms with Crippen molar-refractivity contribution in [3.63, 3.8) is 0 Å². The van der Waals surface area contributed by atoms with E-state index in [0.717, 1.165) is 108 Å². The second-order valence-corrected chi connectivity index (χ2v) is 32.2. The van der Waals surface area contributed by atoms with Gasteiger partial charge in [0.25, 0.3) is 0 Å². The van der Waals surface area contributed by atoms with Gasteiger partial charge in [0.15, 0.2) is 12.2 Å². The van der Waals surface area contributed by atoms with Gasteiger partial charge in [0.05, 0.1) is 26.4 Å². The first-order valence-corrected chi connectivity index (χ1v) is 44.6. The van der Waals surface area contributed by atoms with Crippen LogP contribution in [0.1, 0.15) is 420 Å². The molecule has 3 N–H and O–H groups in total. The Bertz CT molecular complexity index is 1910. The molecule has 17 nitrogen and oxygen atoms in total. The molecule has 0 bridgehead atoms. The minimum absolute atomic E-state index is 0.105. The third kappa shape index (κ3) is 71.5. The third-order valence-electron chi connectivity index (χ3n) is 19.4. The van der Waals surface area contributed by atoms with Gasteiger partial charge in [-0.1, -0.05) is 369 Å². The maximum absolute atomic E-state index is 13.1. The summed E-state index contributed by atoms with van der Waals surface area (Å²) in [7, 11) is -9.91. The van der Waals surface area contributed by atoms with E-state index in [9.17, 15) is 43.2 Å². The van der Waals surface area contributed by atoms with E-state index in [-0.39, 0.29) is 25.7 Å². The quantitative estimate of drug-likeness (QED) is 0.0222. The molecular formula is C80H156O17P2. The van der Waals surface area contributed by atoms with E-state index in [1.54, 1.807) is 0 Å². The van der Waals surface area contributed by atoms with Crippen LogP contribution in [0.25, 0.3) is 0 Å². The minimum Gasteiger partial charge on any atom is -0.462 e. The monoisotopic (exact) mass is 1450 g/mol. The van der Waals surface area contributed by atoms with Crippen molar-refractivity contribution in [1.29, 1.82) is 0 Å². The van der Waals surface area contributed by atoms with Crippen molar-refractivity contribution in [2.24, 2.45) is 11.8 Å². The summed E-state index contributed by atoms with van der Waals surface area (Å²) >= 11 is 0. The van der Waals surface area contributed by atoms with Crippen LogP contribution in [0.3, 0.4) is 0 Å². The predicted molar refractivity (Wildman–Crippen MR) is 405 cm³/mol. The van der Waals surface area contributed by atoms with Gasteiger partial charge in [-0.25, -0.2) is 9.13 Å². The van der Waals surface area contributed by atoms with E-state index < -0.39 is 97.5 Å². The Morgan fingerprint density at radius 2 is 0.485 bits per heavy atom. The predicted octanol–water partition coefficient (Wildman–Crippen LogP) is 23.9. The first kappa shape index (κ1) is 97.1. The lowest BCUT2D eigenvalue weighted by Gasteiger charge is -2.21. The normalized spacial score (nSPS) is 14.5. The van der Waals surface area contributed by atoms with Crippen LogP contribution in [-0.2, 0) is 65.4 Å². The number of ether oxygens (including phenoxy) is 4. The molecule has 0 saturated carbocycles. The van der Waals surface area contributed by atoms with Crippen LogP contribution in [0.4, 0.5) is 0 Å². The van der Waals surface area contributed by atoms with Crippen molar-refractivity contribution in [3.05, 3.63) is 0 Å². The fraction of sp³-hybridized carbons (Fsp3) is 0.950. The molecule has 0 radical (unpaired) electrons. The molecule has 99 heavy (non-hydrogen) atoms. The van der Waals surface area contributed by atoms with Crippen LogP contribution >= 0.6 is 15.6 Å². The zero-order valence-electron chi connectivity index (χ0n) is 64.8. The molecule has 0 heterocycles. The summed E-state index contributed by atoms with van der Waals surface area (Å²) in [5.74, 6) is -0.495. The van der Waals surface area contributed by atoms with E-state index in [1.807, 2.05) is 0 Å². The number of rotatable bonds is 79. The Kier molecular flexibility index (Phi) is 70.3. The van der Waals surface area contributed by atoms with Gasteiger partial charge in [-0.15, -0.1) is 0 Å². The second kappa shape index (κ2) is 71.7. The number of unbranched alkanes of at least 4 members (excludes halogenated alkanes) is 47. The molecule has 0 amide bonds. The maximum atomic E-state index is 13.1. The van der Waals surface area contributed by atoms with Crippen LogP contribution in [0.5, 0.6) is 0 Å². The van der Waals surface area contributed by atoms with Gasteiger partial charge in [0, 0.05) is 25.7 Å². The van der Waals surface area contributed by atoms with Crippen molar-refractivity contribution in [2.45, 2.75) is 439 Å². The van der Waals surface area contributed by atoms with E-state index in [1.165, 1.54) is 231 Å². The molecule has 19 heteroatoms.